The predicted octanol–water partition coefficient (Wildman–Crippen LogP) is 4.64. The number of carbonyl (C=O) groups excluding carboxylic acids is 2. The molecular weight excluding hydrogens is 414 g/mol. The Balaban J connectivity index is 1.32. The van der Waals surface area contributed by atoms with Crippen LogP contribution < -0.4 is 10.1 Å². The van der Waals surface area contributed by atoms with E-state index in [1.165, 1.54) is 0 Å². The van der Waals surface area contributed by atoms with Crippen molar-refractivity contribution in [3.63, 3.8) is 0 Å². The van der Waals surface area contributed by atoms with E-state index in [2.05, 4.69) is 10.3 Å². The summed E-state index contributed by atoms with van der Waals surface area (Å²) < 4.78 is 6.10. The third-order valence-electron chi connectivity index (χ3n) is 6.64. The van der Waals surface area contributed by atoms with Crippen LogP contribution in [0.2, 0.25) is 0 Å². The van der Waals surface area contributed by atoms with Crippen molar-refractivity contribution in [1.29, 1.82) is 0 Å². The summed E-state index contributed by atoms with van der Waals surface area (Å²) in [6, 6.07) is 19.1. The number of amides is 2. The molecule has 33 heavy (non-hydrogen) atoms. The highest BCUT2D eigenvalue weighted by molar-refractivity contribution is 5.95. The van der Waals surface area contributed by atoms with Gasteiger partial charge in [0, 0.05) is 43.0 Å². The van der Waals surface area contributed by atoms with Gasteiger partial charge in [-0.3, -0.25) is 14.6 Å². The lowest BCUT2D eigenvalue weighted by molar-refractivity contribution is -0.118. The molecule has 2 atom stereocenters. The maximum absolute atomic E-state index is 12.9. The van der Waals surface area contributed by atoms with Crippen LogP contribution in [0.1, 0.15) is 29.6 Å². The summed E-state index contributed by atoms with van der Waals surface area (Å²) in [5.74, 6) is 1.18. The Morgan fingerprint density at radius 3 is 2.70 bits per heavy atom. The van der Waals surface area contributed by atoms with Gasteiger partial charge < -0.3 is 15.0 Å². The number of anilines is 1. The average Bonchev–Trinajstić information content (AvgIpc) is 2.86. The first-order valence-corrected chi connectivity index (χ1v) is 11.5. The quantitative estimate of drug-likeness (QED) is 0.629. The summed E-state index contributed by atoms with van der Waals surface area (Å²) in [6.45, 7) is 1.87. The molecule has 6 nitrogen and oxygen atoms in total. The fraction of sp³-hybridized carbons (Fsp3) is 0.296. The fourth-order valence-corrected chi connectivity index (χ4v) is 4.85. The number of ether oxygens (including phenoxy) is 1. The largest absolute Gasteiger partial charge is 0.491 e. The lowest BCUT2D eigenvalue weighted by Gasteiger charge is -2.39. The van der Waals surface area contributed by atoms with Gasteiger partial charge in [0.1, 0.15) is 5.75 Å². The Labute approximate surface area is 193 Å². The molecule has 2 aliphatic heterocycles. The van der Waals surface area contributed by atoms with Crippen molar-refractivity contribution in [2.24, 2.45) is 11.8 Å². The predicted molar refractivity (Wildman–Crippen MR) is 127 cm³/mol. The van der Waals surface area contributed by atoms with Crippen LogP contribution in [0.4, 0.5) is 5.69 Å². The SMILES string of the molecule is O=C1C[C@@H]2CCN(C(=O)c3ccccc3)C[C@@H]2CCOc2ccc(-c3cccnc3)cc2N1. The molecule has 2 amide bonds. The van der Waals surface area contributed by atoms with E-state index in [0.29, 0.717) is 43.1 Å². The number of likely N-dealkylation sites (tertiary alicyclic amines) is 1. The van der Waals surface area contributed by atoms with Gasteiger partial charge >= 0.3 is 0 Å². The van der Waals surface area contributed by atoms with E-state index in [9.17, 15) is 9.59 Å². The van der Waals surface area contributed by atoms with Crippen molar-refractivity contribution in [2.75, 3.05) is 25.0 Å². The summed E-state index contributed by atoms with van der Waals surface area (Å²) in [5, 5.41) is 3.07. The van der Waals surface area contributed by atoms with Gasteiger partial charge in [-0.25, -0.2) is 0 Å². The van der Waals surface area contributed by atoms with Crippen LogP contribution >= 0.6 is 0 Å². The molecule has 5 rings (SSSR count). The van der Waals surface area contributed by atoms with Crippen LogP contribution in [-0.2, 0) is 4.79 Å². The van der Waals surface area contributed by atoms with Gasteiger partial charge in [-0.15, -0.1) is 0 Å². The molecular formula is C27H27N3O3. The molecule has 2 aromatic carbocycles. The second-order valence-corrected chi connectivity index (χ2v) is 8.77. The van der Waals surface area contributed by atoms with Gasteiger partial charge in [0.25, 0.3) is 5.91 Å². The molecule has 1 N–H and O–H groups in total. The van der Waals surface area contributed by atoms with Gasteiger partial charge in [-0.05, 0) is 60.6 Å². The number of hydrogen-bond acceptors (Lipinski definition) is 4. The molecule has 3 aromatic rings. The second kappa shape index (κ2) is 9.45. The molecule has 1 fully saturated rings. The van der Waals surface area contributed by atoms with Crippen LogP contribution in [-0.4, -0.2) is 41.4 Å². The van der Waals surface area contributed by atoms with Crippen molar-refractivity contribution in [2.45, 2.75) is 19.3 Å². The number of fused-ring (bicyclic) bond motifs is 2. The zero-order valence-corrected chi connectivity index (χ0v) is 18.4. The summed E-state index contributed by atoms with van der Waals surface area (Å²) in [4.78, 5) is 32.0. The third kappa shape index (κ3) is 4.75. The molecule has 0 spiro atoms. The monoisotopic (exact) mass is 441 g/mol. The summed E-state index contributed by atoms with van der Waals surface area (Å²) >= 11 is 0. The van der Waals surface area contributed by atoms with E-state index in [1.54, 1.807) is 12.4 Å². The van der Waals surface area contributed by atoms with E-state index >= 15 is 0 Å². The van der Waals surface area contributed by atoms with E-state index in [-0.39, 0.29) is 23.7 Å². The van der Waals surface area contributed by atoms with Crippen LogP contribution in [0.25, 0.3) is 11.1 Å². The number of hydrogen-bond donors (Lipinski definition) is 1. The highest BCUT2D eigenvalue weighted by atomic mass is 16.5. The van der Waals surface area contributed by atoms with Gasteiger partial charge in [-0.1, -0.05) is 30.3 Å². The van der Waals surface area contributed by atoms with Crippen molar-refractivity contribution < 1.29 is 14.3 Å². The van der Waals surface area contributed by atoms with Gasteiger partial charge in [0.15, 0.2) is 0 Å². The minimum Gasteiger partial charge on any atom is -0.491 e. The lowest BCUT2D eigenvalue weighted by Crippen LogP contribution is -2.45. The van der Waals surface area contributed by atoms with Crippen LogP contribution in [0, 0.1) is 11.8 Å². The minimum absolute atomic E-state index is 0.0112. The molecule has 0 saturated carbocycles. The molecule has 168 valence electrons. The molecule has 0 aliphatic carbocycles. The summed E-state index contributed by atoms with van der Waals surface area (Å²) in [6.07, 6.45) is 5.62. The molecule has 2 aliphatic rings. The van der Waals surface area contributed by atoms with Gasteiger partial charge in [-0.2, -0.15) is 0 Å². The van der Waals surface area contributed by atoms with Crippen LogP contribution in [0.5, 0.6) is 5.75 Å². The Morgan fingerprint density at radius 2 is 1.88 bits per heavy atom. The van der Waals surface area contributed by atoms with Crippen molar-refractivity contribution in [3.8, 4) is 16.9 Å². The highest BCUT2D eigenvalue weighted by Crippen LogP contribution is 2.35. The van der Waals surface area contributed by atoms with E-state index in [0.717, 1.165) is 24.0 Å². The van der Waals surface area contributed by atoms with Crippen molar-refractivity contribution in [1.82, 2.24) is 9.88 Å². The molecule has 0 bridgehead atoms. The fourth-order valence-electron chi connectivity index (χ4n) is 4.85. The Bertz CT molecular complexity index is 1130. The topological polar surface area (TPSA) is 71.5 Å². The van der Waals surface area contributed by atoms with Crippen molar-refractivity contribution >= 4 is 17.5 Å². The Morgan fingerprint density at radius 1 is 1.00 bits per heavy atom. The van der Waals surface area contributed by atoms with E-state index < -0.39 is 0 Å². The molecule has 6 heteroatoms. The maximum atomic E-state index is 12.9. The molecule has 3 heterocycles. The molecule has 1 saturated heterocycles. The highest BCUT2D eigenvalue weighted by Gasteiger charge is 2.33. The first-order valence-electron chi connectivity index (χ1n) is 11.5. The van der Waals surface area contributed by atoms with Crippen LogP contribution in [0.15, 0.2) is 73.1 Å². The maximum Gasteiger partial charge on any atom is 0.253 e. The molecule has 1 aromatic heterocycles. The Kier molecular flexibility index (Phi) is 6.07. The Hall–Kier alpha value is -3.67. The number of piperidine rings is 1. The molecule has 0 radical (unpaired) electrons. The first kappa shape index (κ1) is 21.2. The van der Waals surface area contributed by atoms with Gasteiger partial charge in [0.2, 0.25) is 5.91 Å². The number of rotatable bonds is 2. The molecule has 0 unspecified atom stereocenters. The van der Waals surface area contributed by atoms with E-state index in [1.807, 2.05) is 65.6 Å². The minimum atomic E-state index is -0.0112. The van der Waals surface area contributed by atoms with Crippen molar-refractivity contribution in [3.05, 3.63) is 78.6 Å². The van der Waals surface area contributed by atoms with E-state index in [4.69, 9.17) is 4.74 Å². The number of aromatic nitrogens is 1. The number of benzene rings is 2. The lowest BCUT2D eigenvalue weighted by atomic mass is 9.80. The number of nitrogens with zero attached hydrogens (tertiary/aromatic N) is 2. The standard InChI is InChI=1S/C27H27N3O3/c31-26-16-21-10-13-30(27(32)19-5-2-1-3-6-19)18-23(21)11-14-33-25-9-8-20(15-24(25)29-26)22-7-4-12-28-17-22/h1-9,12,15,17,21,23H,10-11,13-14,16,18H2,(H,29,31)/t21-,23-/m0/s1. The summed E-state index contributed by atoms with van der Waals surface area (Å²) in [5.41, 5.74) is 3.37. The second-order valence-electron chi connectivity index (χ2n) is 8.77. The third-order valence-corrected chi connectivity index (χ3v) is 6.64. The van der Waals surface area contributed by atoms with Gasteiger partial charge in [0.05, 0.1) is 12.3 Å². The smallest absolute Gasteiger partial charge is 0.253 e. The zero-order valence-electron chi connectivity index (χ0n) is 18.4. The number of pyridine rings is 1. The number of nitrogens with one attached hydrogen (secondary N) is 1. The summed E-state index contributed by atoms with van der Waals surface area (Å²) in [7, 11) is 0. The average molecular weight is 442 g/mol. The van der Waals surface area contributed by atoms with Crippen LogP contribution in [0.3, 0.4) is 0 Å². The first-order chi connectivity index (χ1) is 16.2. The normalized spacial score (nSPS) is 20.6. The zero-order chi connectivity index (χ0) is 22.6. The number of carbonyl (C=O) groups is 2.